The van der Waals surface area contributed by atoms with Crippen LogP contribution in [-0.4, -0.2) is 18.8 Å². The molecule has 1 N–H and O–H groups in total. The van der Waals surface area contributed by atoms with Crippen molar-refractivity contribution in [3.8, 4) is 5.75 Å². The summed E-state index contributed by atoms with van der Waals surface area (Å²) in [5.74, 6) is 0.537. The Labute approximate surface area is 104 Å². The van der Waals surface area contributed by atoms with Crippen LogP contribution in [0.25, 0.3) is 0 Å². The number of hydrogen-bond acceptors (Lipinski definition) is 2. The van der Waals surface area contributed by atoms with Crippen LogP contribution in [0, 0.1) is 0 Å². The second-order valence-electron chi connectivity index (χ2n) is 4.48. The topological polar surface area (TPSA) is 21.3 Å². The minimum absolute atomic E-state index is 0.329. The molecule has 0 heterocycles. The fourth-order valence-electron chi connectivity index (χ4n) is 1.61. The Morgan fingerprint density at radius 1 is 1.22 bits per heavy atom. The monoisotopic (exact) mass is 259 g/mol. The zero-order chi connectivity index (χ0) is 13.0. The Kier molecular flexibility index (Phi) is 4.11. The maximum absolute atomic E-state index is 12.0. The standard InChI is InChI=1S/C13H16F3NO/c14-13(15,16)7-8-18-12-4-2-1-3-10(12)9-17-11-5-6-11/h1-4,11,17H,5-9H2. The van der Waals surface area contributed by atoms with Gasteiger partial charge in [0.15, 0.2) is 0 Å². The fraction of sp³-hybridized carbons (Fsp3) is 0.538. The van der Waals surface area contributed by atoms with Gasteiger partial charge in [0.05, 0.1) is 13.0 Å². The SMILES string of the molecule is FC(F)(F)CCOc1ccccc1CNC1CC1. The van der Waals surface area contributed by atoms with Crippen molar-refractivity contribution < 1.29 is 17.9 Å². The zero-order valence-electron chi connectivity index (χ0n) is 9.96. The molecule has 0 amide bonds. The summed E-state index contributed by atoms with van der Waals surface area (Å²) in [4.78, 5) is 0. The molecule has 1 aromatic carbocycles. The number of benzene rings is 1. The zero-order valence-corrected chi connectivity index (χ0v) is 9.96. The van der Waals surface area contributed by atoms with E-state index in [-0.39, 0.29) is 6.61 Å². The van der Waals surface area contributed by atoms with Crippen molar-refractivity contribution in [3.05, 3.63) is 29.8 Å². The van der Waals surface area contributed by atoms with Crippen molar-refractivity contribution in [2.24, 2.45) is 0 Å². The summed E-state index contributed by atoms with van der Waals surface area (Å²) in [7, 11) is 0. The van der Waals surface area contributed by atoms with Gasteiger partial charge in [-0.1, -0.05) is 18.2 Å². The van der Waals surface area contributed by atoms with Gasteiger partial charge in [-0.05, 0) is 18.9 Å². The summed E-state index contributed by atoms with van der Waals surface area (Å²) in [6, 6.07) is 7.77. The van der Waals surface area contributed by atoms with Crippen molar-refractivity contribution >= 4 is 0 Å². The molecule has 0 aliphatic heterocycles. The molecular formula is C13H16F3NO. The number of para-hydroxylation sites is 1. The lowest BCUT2D eigenvalue weighted by molar-refractivity contribution is -0.139. The highest BCUT2D eigenvalue weighted by atomic mass is 19.4. The molecular weight excluding hydrogens is 243 g/mol. The van der Waals surface area contributed by atoms with Crippen LogP contribution >= 0.6 is 0 Å². The van der Waals surface area contributed by atoms with Gasteiger partial charge in [-0.15, -0.1) is 0 Å². The number of hydrogen-bond donors (Lipinski definition) is 1. The first-order valence-electron chi connectivity index (χ1n) is 6.05. The highest BCUT2D eigenvalue weighted by molar-refractivity contribution is 5.33. The Bertz CT molecular complexity index is 388. The van der Waals surface area contributed by atoms with E-state index in [0.29, 0.717) is 18.3 Å². The first-order chi connectivity index (χ1) is 8.54. The highest BCUT2D eigenvalue weighted by Gasteiger charge is 2.27. The van der Waals surface area contributed by atoms with Gasteiger partial charge in [-0.3, -0.25) is 0 Å². The van der Waals surface area contributed by atoms with Crippen molar-refractivity contribution in [1.29, 1.82) is 0 Å². The maximum Gasteiger partial charge on any atom is 0.392 e. The highest BCUT2D eigenvalue weighted by Crippen LogP contribution is 2.24. The van der Waals surface area contributed by atoms with Crippen LogP contribution in [-0.2, 0) is 6.54 Å². The first-order valence-corrected chi connectivity index (χ1v) is 6.05. The van der Waals surface area contributed by atoms with Crippen molar-refractivity contribution in [1.82, 2.24) is 5.32 Å². The van der Waals surface area contributed by atoms with E-state index in [9.17, 15) is 13.2 Å². The first kappa shape index (κ1) is 13.2. The Morgan fingerprint density at radius 2 is 1.94 bits per heavy atom. The van der Waals surface area contributed by atoms with Gasteiger partial charge >= 0.3 is 6.18 Å². The van der Waals surface area contributed by atoms with Gasteiger partial charge in [-0.2, -0.15) is 13.2 Å². The Morgan fingerprint density at radius 3 is 2.61 bits per heavy atom. The number of nitrogens with one attached hydrogen (secondary N) is 1. The average Bonchev–Trinajstić information content (AvgIpc) is 3.10. The number of halogens is 3. The van der Waals surface area contributed by atoms with Crippen molar-refractivity contribution in [2.45, 2.75) is 38.0 Å². The fourth-order valence-corrected chi connectivity index (χ4v) is 1.61. The van der Waals surface area contributed by atoms with Crippen molar-refractivity contribution in [3.63, 3.8) is 0 Å². The molecule has 0 aromatic heterocycles. The summed E-state index contributed by atoms with van der Waals surface area (Å²) in [6.07, 6.45) is -2.73. The minimum Gasteiger partial charge on any atom is -0.493 e. The van der Waals surface area contributed by atoms with Crippen LogP contribution in [0.4, 0.5) is 13.2 Å². The average molecular weight is 259 g/mol. The van der Waals surface area contributed by atoms with Crippen LogP contribution in [0.15, 0.2) is 24.3 Å². The van der Waals surface area contributed by atoms with Gasteiger partial charge in [0.1, 0.15) is 5.75 Å². The lowest BCUT2D eigenvalue weighted by Crippen LogP contribution is -2.17. The molecule has 5 heteroatoms. The second kappa shape index (κ2) is 5.61. The van der Waals surface area contributed by atoms with Gasteiger partial charge < -0.3 is 10.1 Å². The molecule has 0 spiro atoms. The minimum atomic E-state index is -4.17. The van der Waals surface area contributed by atoms with Crippen molar-refractivity contribution in [2.75, 3.05) is 6.61 Å². The predicted molar refractivity (Wildman–Crippen MR) is 62.5 cm³/mol. The van der Waals surface area contributed by atoms with Gasteiger partial charge in [-0.25, -0.2) is 0 Å². The number of rotatable bonds is 6. The van der Waals surface area contributed by atoms with Crippen LogP contribution in [0.5, 0.6) is 5.75 Å². The quantitative estimate of drug-likeness (QED) is 0.846. The normalized spacial score (nSPS) is 15.7. The van der Waals surface area contributed by atoms with Crippen LogP contribution in [0.3, 0.4) is 0 Å². The molecule has 0 atom stereocenters. The van der Waals surface area contributed by atoms with Crippen LogP contribution < -0.4 is 10.1 Å². The summed E-state index contributed by atoms with van der Waals surface area (Å²) in [6.45, 7) is 0.316. The molecule has 18 heavy (non-hydrogen) atoms. The van der Waals surface area contributed by atoms with Crippen LogP contribution in [0.1, 0.15) is 24.8 Å². The third-order valence-corrected chi connectivity index (χ3v) is 2.77. The van der Waals surface area contributed by atoms with E-state index in [1.54, 1.807) is 12.1 Å². The third-order valence-electron chi connectivity index (χ3n) is 2.77. The molecule has 2 rings (SSSR count). The van der Waals surface area contributed by atoms with E-state index in [0.717, 1.165) is 5.56 Å². The van der Waals surface area contributed by atoms with Crippen LogP contribution in [0.2, 0.25) is 0 Å². The lowest BCUT2D eigenvalue weighted by Gasteiger charge is -2.12. The number of alkyl halides is 3. The Hall–Kier alpha value is -1.23. The van der Waals surface area contributed by atoms with E-state index in [4.69, 9.17) is 4.74 Å². The molecule has 1 fully saturated rings. The van der Waals surface area contributed by atoms with E-state index < -0.39 is 12.6 Å². The van der Waals surface area contributed by atoms with Gasteiger partial charge in [0.25, 0.3) is 0 Å². The molecule has 100 valence electrons. The molecule has 1 aliphatic carbocycles. The lowest BCUT2D eigenvalue weighted by atomic mass is 10.2. The summed E-state index contributed by atoms with van der Waals surface area (Å²) in [5.41, 5.74) is 0.909. The second-order valence-corrected chi connectivity index (χ2v) is 4.48. The van der Waals surface area contributed by atoms with Gasteiger partial charge in [0, 0.05) is 18.2 Å². The predicted octanol–water partition coefficient (Wildman–Crippen LogP) is 3.27. The molecule has 1 aliphatic rings. The third kappa shape index (κ3) is 4.56. The molecule has 0 bridgehead atoms. The molecule has 0 radical (unpaired) electrons. The largest absolute Gasteiger partial charge is 0.493 e. The summed E-state index contributed by atoms with van der Waals surface area (Å²) >= 11 is 0. The number of ether oxygens (including phenoxy) is 1. The molecule has 0 unspecified atom stereocenters. The molecule has 2 nitrogen and oxygen atoms in total. The van der Waals surface area contributed by atoms with E-state index in [1.807, 2.05) is 12.1 Å². The molecule has 1 saturated carbocycles. The summed E-state index contributed by atoms with van der Waals surface area (Å²) < 4.78 is 41.3. The van der Waals surface area contributed by atoms with E-state index in [2.05, 4.69) is 5.32 Å². The van der Waals surface area contributed by atoms with E-state index in [1.165, 1.54) is 12.8 Å². The Balaban J connectivity index is 1.85. The molecule has 1 aromatic rings. The molecule has 0 saturated heterocycles. The van der Waals surface area contributed by atoms with Gasteiger partial charge in [0.2, 0.25) is 0 Å². The maximum atomic E-state index is 12.0. The van der Waals surface area contributed by atoms with E-state index >= 15 is 0 Å². The smallest absolute Gasteiger partial charge is 0.392 e. The summed E-state index contributed by atoms with van der Waals surface area (Å²) in [5, 5.41) is 3.32.